The Kier molecular flexibility index (Phi) is 4.91. The molecule has 0 amide bonds. The first-order valence-corrected chi connectivity index (χ1v) is 5.44. The van der Waals surface area contributed by atoms with Gasteiger partial charge in [0.25, 0.3) is 0 Å². The molecule has 0 aliphatic rings. The molecule has 0 fully saturated rings. The van der Waals surface area contributed by atoms with E-state index in [1.807, 2.05) is 0 Å². The number of aliphatic hydroxyl groups is 1. The van der Waals surface area contributed by atoms with E-state index in [0.29, 0.717) is 5.82 Å². The lowest BCUT2D eigenvalue weighted by molar-refractivity contribution is -0.389. The molecule has 1 aromatic heterocycles. The van der Waals surface area contributed by atoms with Gasteiger partial charge in [-0.25, -0.2) is 0 Å². The summed E-state index contributed by atoms with van der Waals surface area (Å²) in [6.07, 6.45) is 5.26. The fourth-order valence-corrected chi connectivity index (χ4v) is 1.55. The zero-order chi connectivity index (χ0) is 12.0. The van der Waals surface area contributed by atoms with Gasteiger partial charge in [-0.05, 0) is 22.7 Å². The van der Waals surface area contributed by atoms with E-state index in [1.54, 1.807) is 11.5 Å². The van der Waals surface area contributed by atoms with E-state index >= 15 is 0 Å². The summed E-state index contributed by atoms with van der Waals surface area (Å²) in [5.74, 6) is 0.585. The summed E-state index contributed by atoms with van der Waals surface area (Å²) >= 11 is 0. The quantitative estimate of drug-likeness (QED) is 0.436. The lowest BCUT2D eigenvalue weighted by atomic mass is 10.2. The molecule has 0 saturated carbocycles. The van der Waals surface area contributed by atoms with Gasteiger partial charge in [0.1, 0.15) is 6.20 Å². The second-order valence-corrected chi connectivity index (χ2v) is 3.73. The van der Waals surface area contributed by atoms with E-state index in [0.717, 1.165) is 32.2 Å². The minimum atomic E-state index is -0.477. The molecule has 6 heteroatoms. The third-order valence-corrected chi connectivity index (χ3v) is 2.46. The molecule has 0 aromatic carbocycles. The number of aromatic nitrogens is 2. The van der Waals surface area contributed by atoms with Gasteiger partial charge in [-0.3, -0.25) is 0 Å². The van der Waals surface area contributed by atoms with Crippen molar-refractivity contribution in [2.24, 2.45) is 0 Å². The molecular formula is C10H17N3O3. The Balaban J connectivity index is 2.39. The number of hydrogen-bond acceptors (Lipinski definition) is 4. The highest BCUT2D eigenvalue weighted by Gasteiger charge is 2.14. The Morgan fingerprint density at radius 1 is 1.44 bits per heavy atom. The highest BCUT2D eigenvalue weighted by Crippen LogP contribution is 2.11. The molecule has 0 bridgehead atoms. The van der Waals surface area contributed by atoms with Gasteiger partial charge >= 0.3 is 5.82 Å². The summed E-state index contributed by atoms with van der Waals surface area (Å²) in [5, 5.41) is 19.1. The normalized spacial score (nSPS) is 10.6. The highest BCUT2D eigenvalue weighted by molar-refractivity contribution is 5.16. The zero-order valence-corrected chi connectivity index (χ0v) is 9.43. The lowest BCUT2D eigenvalue weighted by Crippen LogP contribution is -1.99. The monoisotopic (exact) mass is 227 g/mol. The maximum Gasteiger partial charge on any atom is 0.381 e. The standard InChI is InChI=1S/C10H17N3O3/c1-9-11-10(13(15)16)8-12(9)6-4-2-3-5-7-14/h8,14H,2-7H2,1H3. The smallest absolute Gasteiger partial charge is 0.381 e. The SMILES string of the molecule is Cc1nc([N+](=O)[O-])cn1CCCCCCO. The molecule has 16 heavy (non-hydrogen) atoms. The van der Waals surface area contributed by atoms with E-state index in [9.17, 15) is 10.1 Å². The molecule has 1 aromatic rings. The van der Waals surface area contributed by atoms with Gasteiger partial charge in [-0.2, -0.15) is 0 Å². The molecule has 1 heterocycles. The van der Waals surface area contributed by atoms with Crippen LogP contribution in [0.1, 0.15) is 31.5 Å². The van der Waals surface area contributed by atoms with E-state index in [2.05, 4.69) is 4.98 Å². The van der Waals surface area contributed by atoms with E-state index < -0.39 is 4.92 Å². The van der Waals surface area contributed by atoms with Gasteiger partial charge in [0.2, 0.25) is 5.82 Å². The van der Waals surface area contributed by atoms with Crippen LogP contribution in [0.5, 0.6) is 0 Å². The Labute approximate surface area is 94.1 Å². The Bertz CT molecular complexity index is 349. The molecule has 0 radical (unpaired) electrons. The minimum absolute atomic E-state index is 0.0899. The van der Waals surface area contributed by atoms with Crippen LogP contribution in [0, 0.1) is 17.0 Å². The summed E-state index contributed by atoms with van der Waals surface area (Å²) < 4.78 is 1.80. The third kappa shape index (κ3) is 3.62. The predicted molar refractivity (Wildman–Crippen MR) is 59.2 cm³/mol. The molecule has 0 atom stereocenters. The van der Waals surface area contributed by atoms with Gasteiger partial charge in [0.15, 0.2) is 0 Å². The third-order valence-electron chi connectivity index (χ3n) is 2.46. The fraction of sp³-hybridized carbons (Fsp3) is 0.700. The van der Waals surface area contributed by atoms with Gasteiger partial charge < -0.3 is 19.8 Å². The van der Waals surface area contributed by atoms with Crippen molar-refractivity contribution in [1.29, 1.82) is 0 Å². The number of aliphatic hydroxyl groups excluding tert-OH is 1. The molecule has 1 rings (SSSR count). The molecule has 6 nitrogen and oxygen atoms in total. The van der Waals surface area contributed by atoms with Crippen LogP contribution in [0.2, 0.25) is 0 Å². The maximum atomic E-state index is 10.5. The second-order valence-electron chi connectivity index (χ2n) is 3.73. The van der Waals surface area contributed by atoms with Crippen LogP contribution in [0.4, 0.5) is 5.82 Å². The number of nitrogens with zero attached hydrogens (tertiary/aromatic N) is 3. The summed E-state index contributed by atoms with van der Waals surface area (Å²) in [4.78, 5) is 13.9. The molecule has 0 unspecified atom stereocenters. The Hall–Kier alpha value is -1.43. The minimum Gasteiger partial charge on any atom is -0.396 e. The average Bonchev–Trinajstić information content (AvgIpc) is 2.60. The fourth-order valence-electron chi connectivity index (χ4n) is 1.55. The molecule has 1 N–H and O–H groups in total. The van der Waals surface area contributed by atoms with Crippen LogP contribution in [-0.4, -0.2) is 26.2 Å². The number of unbranched alkanes of at least 4 members (excludes halogenated alkanes) is 3. The molecule has 0 spiro atoms. The Morgan fingerprint density at radius 3 is 2.69 bits per heavy atom. The summed E-state index contributed by atoms with van der Waals surface area (Å²) in [6.45, 7) is 2.74. The highest BCUT2D eigenvalue weighted by atomic mass is 16.6. The number of nitro groups is 1. The van der Waals surface area contributed by atoms with Crippen LogP contribution < -0.4 is 0 Å². The Morgan fingerprint density at radius 2 is 2.12 bits per heavy atom. The van der Waals surface area contributed by atoms with E-state index in [4.69, 9.17) is 5.11 Å². The van der Waals surface area contributed by atoms with Crippen LogP contribution in [-0.2, 0) is 6.54 Å². The predicted octanol–water partition coefficient (Wildman–Crippen LogP) is 1.65. The largest absolute Gasteiger partial charge is 0.396 e. The molecule has 0 saturated heterocycles. The van der Waals surface area contributed by atoms with Gasteiger partial charge in [-0.15, -0.1) is 0 Å². The zero-order valence-electron chi connectivity index (χ0n) is 9.43. The van der Waals surface area contributed by atoms with Crippen LogP contribution in [0.3, 0.4) is 0 Å². The molecule has 90 valence electrons. The first kappa shape index (κ1) is 12.6. The van der Waals surface area contributed by atoms with Crippen molar-refractivity contribution in [3.63, 3.8) is 0 Å². The number of imidazole rings is 1. The summed E-state index contributed by atoms with van der Waals surface area (Å²) in [6, 6.07) is 0. The van der Waals surface area contributed by atoms with Gasteiger partial charge in [0, 0.05) is 20.1 Å². The van der Waals surface area contributed by atoms with Crippen LogP contribution >= 0.6 is 0 Å². The lowest BCUT2D eigenvalue weighted by Gasteiger charge is -2.01. The topological polar surface area (TPSA) is 81.2 Å². The second kappa shape index (κ2) is 6.22. The number of rotatable bonds is 7. The molecular weight excluding hydrogens is 210 g/mol. The summed E-state index contributed by atoms with van der Waals surface area (Å²) in [7, 11) is 0. The first-order valence-electron chi connectivity index (χ1n) is 5.44. The van der Waals surface area contributed by atoms with Crippen molar-refractivity contribution < 1.29 is 10.0 Å². The van der Waals surface area contributed by atoms with Gasteiger partial charge in [0.05, 0.1) is 0 Å². The molecule has 0 aliphatic carbocycles. The van der Waals surface area contributed by atoms with Crippen molar-refractivity contribution in [2.45, 2.75) is 39.2 Å². The van der Waals surface area contributed by atoms with Gasteiger partial charge in [-0.1, -0.05) is 12.8 Å². The van der Waals surface area contributed by atoms with E-state index in [1.165, 1.54) is 6.20 Å². The number of aryl methyl sites for hydroxylation is 2. The van der Waals surface area contributed by atoms with Crippen molar-refractivity contribution >= 4 is 5.82 Å². The van der Waals surface area contributed by atoms with Crippen molar-refractivity contribution in [2.75, 3.05) is 6.61 Å². The summed E-state index contributed by atoms with van der Waals surface area (Å²) in [5.41, 5.74) is 0. The molecule has 0 aliphatic heterocycles. The van der Waals surface area contributed by atoms with Crippen molar-refractivity contribution in [3.8, 4) is 0 Å². The average molecular weight is 227 g/mol. The van der Waals surface area contributed by atoms with Crippen molar-refractivity contribution in [3.05, 3.63) is 22.1 Å². The van der Waals surface area contributed by atoms with Crippen LogP contribution in [0.15, 0.2) is 6.20 Å². The number of hydrogen-bond donors (Lipinski definition) is 1. The van der Waals surface area contributed by atoms with E-state index in [-0.39, 0.29) is 12.4 Å². The maximum absolute atomic E-state index is 10.5. The van der Waals surface area contributed by atoms with Crippen LogP contribution in [0.25, 0.3) is 0 Å². The van der Waals surface area contributed by atoms with Crippen molar-refractivity contribution in [1.82, 2.24) is 9.55 Å². The first-order chi connectivity index (χ1) is 7.65.